The highest BCUT2D eigenvalue weighted by Crippen LogP contribution is 2.31. The molecule has 0 bridgehead atoms. The number of likely N-dealkylation sites (N-methyl/N-ethyl adjacent to an activating group) is 1. The van der Waals surface area contributed by atoms with Gasteiger partial charge in [-0.05, 0) is 44.0 Å². The van der Waals surface area contributed by atoms with Crippen LogP contribution in [-0.2, 0) is 6.42 Å². The third kappa shape index (κ3) is 2.00. The number of nitrogens with one attached hydrogen (secondary N) is 1. The van der Waals surface area contributed by atoms with E-state index in [2.05, 4.69) is 45.5 Å². The number of rotatable bonds is 2. The molecule has 0 amide bonds. The molecule has 5 heteroatoms. The van der Waals surface area contributed by atoms with Crippen LogP contribution < -0.4 is 16.2 Å². The smallest absolute Gasteiger partial charge is 0.161 e. The molecule has 2 heterocycles. The second-order valence-corrected chi connectivity index (χ2v) is 5.27. The summed E-state index contributed by atoms with van der Waals surface area (Å²) in [6.07, 6.45) is 1.08. The van der Waals surface area contributed by atoms with Gasteiger partial charge in [-0.1, -0.05) is 0 Å². The van der Waals surface area contributed by atoms with Crippen molar-refractivity contribution in [3.05, 3.63) is 35.0 Å². The molecule has 0 atom stereocenters. The Morgan fingerprint density at radius 3 is 2.80 bits per heavy atom. The van der Waals surface area contributed by atoms with Gasteiger partial charge in [0.1, 0.15) is 5.82 Å². The summed E-state index contributed by atoms with van der Waals surface area (Å²) in [5, 5.41) is 0. The topological polar surface area (TPSA) is 67.1 Å². The van der Waals surface area contributed by atoms with E-state index in [1.807, 2.05) is 13.8 Å². The molecule has 1 aliphatic heterocycles. The number of fused-ring (bicyclic) bond motifs is 1. The molecule has 0 unspecified atom stereocenters. The summed E-state index contributed by atoms with van der Waals surface area (Å²) < 4.78 is 0. The third-order valence-electron chi connectivity index (χ3n) is 3.99. The minimum absolute atomic E-state index is 0.685. The molecule has 1 aliphatic rings. The summed E-state index contributed by atoms with van der Waals surface area (Å²) in [6, 6.07) is 6.40. The normalized spacial score (nSPS) is 13.5. The van der Waals surface area contributed by atoms with Crippen LogP contribution in [0.2, 0.25) is 0 Å². The van der Waals surface area contributed by atoms with E-state index in [-0.39, 0.29) is 0 Å². The highest BCUT2D eigenvalue weighted by molar-refractivity contribution is 5.68. The summed E-state index contributed by atoms with van der Waals surface area (Å²) in [5.41, 5.74) is 8.27. The largest absolute Gasteiger partial charge is 0.374 e. The van der Waals surface area contributed by atoms with Crippen molar-refractivity contribution >= 4 is 11.5 Å². The van der Waals surface area contributed by atoms with Crippen molar-refractivity contribution in [2.75, 3.05) is 23.9 Å². The lowest BCUT2D eigenvalue weighted by Gasteiger charge is -2.13. The van der Waals surface area contributed by atoms with E-state index in [4.69, 9.17) is 5.84 Å². The number of aromatic nitrogens is 2. The van der Waals surface area contributed by atoms with Gasteiger partial charge in [-0.2, -0.15) is 0 Å². The first-order valence-corrected chi connectivity index (χ1v) is 6.76. The highest BCUT2D eigenvalue weighted by Gasteiger charge is 2.17. The molecule has 0 aliphatic carbocycles. The SMILES string of the molecule is Cc1nc(-c2ccc3c(c2)CCN3C)nc(NN)c1C. The molecular formula is C15H19N5. The lowest BCUT2D eigenvalue weighted by atomic mass is 10.1. The fourth-order valence-electron chi connectivity index (χ4n) is 2.60. The standard InChI is InChI=1S/C15H19N5/c1-9-10(2)17-15(18-14(9)19-16)12-4-5-13-11(8-12)6-7-20(13)3/h4-5,8H,6-7,16H2,1-3H3,(H,17,18,19). The first kappa shape index (κ1) is 12.9. The van der Waals surface area contributed by atoms with Crippen LogP contribution in [0.5, 0.6) is 0 Å². The van der Waals surface area contributed by atoms with E-state index >= 15 is 0 Å². The molecule has 0 fully saturated rings. The lowest BCUT2D eigenvalue weighted by Crippen LogP contribution is -2.12. The second-order valence-electron chi connectivity index (χ2n) is 5.27. The Bertz CT molecular complexity index is 666. The van der Waals surface area contributed by atoms with E-state index in [9.17, 15) is 0 Å². The number of anilines is 2. The van der Waals surface area contributed by atoms with Crippen LogP contribution in [0.3, 0.4) is 0 Å². The summed E-state index contributed by atoms with van der Waals surface area (Å²) >= 11 is 0. The van der Waals surface area contributed by atoms with Gasteiger partial charge in [0, 0.05) is 36.1 Å². The van der Waals surface area contributed by atoms with Crippen LogP contribution in [-0.4, -0.2) is 23.6 Å². The number of hydrogen-bond acceptors (Lipinski definition) is 5. The number of benzene rings is 1. The fraction of sp³-hybridized carbons (Fsp3) is 0.333. The van der Waals surface area contributed by atoms with Gasteiger partial charge >= 0.3 is 0 Å². The molecule has 3 rings (SSSR count). The van der Waals surface area contributed by atoms with Crippen LogP contribution in [0.25, 0.3) is 11.4 Å². The number of hydrazine groups is 1. The van der Waals surface area contributed by atoms with Crippen LogP contribution in [0, 0.1) is 13.8 Å². The molecular weight excluding hydrogens is 250 g/mol. The van der Waals surface area contributed by atoms with Gasteiger partial charge in [0.05, 0.1) is 0 Å². The Balaban J connectivity index is 2.08. The summed E-state index contributed by atoms with van der Waals surface area (Å²) in [6.45, 7) is 5.01. The molecule has 1 aromatic heterocycles. The van der Waals surface area contributed by atoms with E-state index in [1.165, 1.54) is 11.3 Å². The van der Waals surface area contributed by atoms with Crippen molar-refractivity contribution in [1.29, 1.82) is 0 Å². The van der Waals surface area contributed by atoms with E-state index < -0.39 is 0 Å². The summed E-state index contributed by atoms with van der Waals surface area (Å²) in [7, 11) is 2.12. The average molecular weight is 269 g/mol. The molecule has 104 valence electrons. The molecule has 1 aromatic carbocycles. The summed E-state index contributed by atoms with van der Waals surface area (Å²) in [4.78, 5) is 11.4. The quantitative estimate of drug-likeness (QED) is 0.645. The Labute approximate surface area is 118 Å². The third-order valence-corrected chi connectivity index (χ3v) is 3.99. The Morgan fingerprint density at radius 2 is 2.05 bits per heavy atom. The number of hydrogen-bond donors (Lipinski definition) is 2. The van der Waals surface area contributed by atoms with Crippen LogP contribution >= 0.6 is 0 Å². The molecule has 0 radical (unpaired) electrons. The minimum atomic E-state index is 0.685. The van der Waals surface area contributed by atoms with Gasteiger partial charge in [0.25, 0.3) is 0 Å². The maximum atomic E-state index is 5.53. The predicted octanol–water partition coefficient (Wildman–Crippen LogP) is 2.04. The zero-order valence-electron chi connectivity index (χ0n) is 12.1. The number of nitrogens with two attached hydrogens (primary N) is 1. The monoisotopic (exact) mass is 269 g/mol. The van der Waals surface area contributed by atoms with E-state index in [1.54, 1.807) is 0 Å². The molecule has 3 N–H and O–H groups in total. The Hall–Kier alpha value is -2.14. The number of nitrogen functional groups attached to an aromatic ring is 1. The predicted molar refractivity (Wildman–Crippen MR) is 81.7 cm³/mol. The van der Waals surface area contributed by atoms with E-state index in [0.717, 1.165) is 35.6 Å². The molecule has 0 spiro atoms. The van der Waals surface area contributed by atoms with Crippen molar-refractivity contribution in [2.45, 2.75) is 20.3 Å². The fourth-order valence-corrected chi connectivity index (χ4v) is 2.60. The zero-order valence-corrected chi connectivity index (χ0v) is 12.1. The Kier molecular flexibility index (Phi) is 3.06. The Morgan fingerprint density at radius 1 is 1.25 bits per heavy atom. The van der Waals surface area contributed by atoms with Crippen molar-refractivity contribution in [2.24, 2.45) is 5.84 Å². The second kappa shape index (κ2) is 4.76. The van der Waals surface area contributed by atoms with Gasteiger partial charge in [-0.25, -0.2) is 15.8 Å². The van der Waals surface area contributed by atoms with Crippen molar-refractivity contribution in [3.63, 3.8) is 0 Å². The van der Waals surface area contributed by atoms with Gasteiger partial charge in [-0.3, -0.25) is 0 Å². The van der Waals surface area contributed by atoms with E-state index in [0.29, 0.717) is 5.82 Å². The molecule has 2 aromatic rings. The molecule has 0 saturated heterocycles. The molecule has 20 heavy (non-hydrogen) atoms. The summed E-state index contributed by atoms with van der Waals surface area (Å²) in [5.74, 6) is 6.93. The molecule has 5 nitrogen and oxygen atoms in total. The maximum Gasteiger partial charge on any atom is 0.161 e. The van der Waals surface area contributed by atoms with Crippen molar-refractivity contribution < 1.29 is 0 Å². The van der Waals surface area contributed by atoms with Gasteiger partial charge in [-0.15, -0.1) is 0 Å². The average Bonchev–Trinajstić information content (AvgIpc) is 2.83. The van der Waals surface area contributed by atoms with Crippen molar-refractivity contribution in [3.8, 4) is 11.4 Å². The van der Waals surface area contributed by atoms with Crippen LogP contribution in [0.4, 0.5) is 11.5 Å². The first-order valence-electron chi connectivity index (χ1n) is 6.76. The minimum Gasteiger partial charge on any atom is -0.374 e. The number of nitrogens with zero attached hydrogens (tertiary/aromatic N) is 3. The highest BCUT2D eigenvalue weighted by atomic mass is 15.3. The van der Waals surface area contributed by atoms with Gasteiger partial charge < -0.3 is 10.3 Å². The number of aryl methyl sites for hydroxylation is 1. The zero-order chi connectivity index (χ0) is 14.3. The first-order chi connectivity index (χ1) is 9.60. The van der Waals surface area contributed by atoms with Gasteiger partial charge in [0.15, 0.2) is 5.82 Å². The van der Waals surface area contributed by atoms with Crippen LogP contribution in [0.15, 0.2) is 18.2 Å². The maximum absolute atomic E-state index is 5.53. The lowest BCUT2D eigenvalue weighted by molar-refractivity contribution is 0.956. The van der Waals surface area contributed by atoms with Crippen LogP contribution in [0.1, 0.15) is 16.8 Å². The van der Waals surface area contributed by atoms with Gasteiger partial charge in [0.2, 0.25) is 0 Å². The van der Waals surface area contributed by atoms with Crippen molar-refractivity contribution in [1.82, 2.24) is 9.97 Å². The molecule has 0 saturated carbocycles.